The number of fused-ring (bicyclic) bond motifs is 3. The number of ether oxygens (including phenoxy) is 3. The van der Waals surface area contributed by atoms with Crippen LogP contribution in [0, 0.1) is 0 Å². The molecule has 2 aromatic carbocycles. The quantitative estimate of drug-likeness (QED) is 0.680. The molecular formula is C20H19BrN2O3. The molecule has 0 bridgehead atoms. The zero-order valence-corrected chi connectivity index (χ0v) is 16.2. The molecule has 1 N–H and O–H groups in total. The first-order chi connectivity index (χ1) is 12.7. The van der Waals surface area contributed by atoms with Gasteiger partial charge in [-0.2, -0.15) is 0 Å². The second-order valence-corrected chi connectivity index (χ2v) is 7.70. The number of benzene rings is 2. The van der Waals surface area contributed by atoms with E-state index >= 15 is 0 Å². The number of hydrogen-bond acceptors (Lipinski definition) is 4. The number of H-pyrrole nitrogens is 1. The van der Waals surface area contributed by atoms with Gasteiger partial charge in [0.1, 0.15) is 0 Å². The summed E-state index contributed by atoms with van der Waals surface area (Å²) in [4.78, 5) is 5.78. The molecule has 0 saturated carbocycles. The zero-order valence-electron chi connectivity index (χ0n) is 14.6. The molecule has 5 rings (SSSR count). The van der Waals surface area contributed by atoms with Crippen molar-refractivity contribution < 1.29 is 14.2 Å². The molecule has 1 aromatic heterocycles. The molecular weight excluding hydrogens is 396 g/mol. The number of aromatic amines is 1. The van der Waals surface area contributed by atoms with Crippen LogP contribution < -0.4 is 14.2 Å². The van der Waals surface area contributed by atoms with Gasteiger partial charge in [-0.05, 0) is 48.9 Å². The average molecular weight is 415 g/mol. The third kappa shape index (κ3) is 2.25. The Morgan fingerprint density at radius 3 is 3.00 bits per heavy atom. The molecule has 0 saturated heterocycles. The summed E-state index contributed by atoms with van der Waals surface area (Å²) in [6.07, 6.45) is 3.07. The van der Waals surface area contributed by atoms with Gasteiger partial charge >= 0.3 is 0 Å². The number of hydrogen-bond donors (Lipinski definition) is 1. The number of aromatic nitrogens is 1. The van der Waals surface area contributed by atoms with Crippen LogP contribution in [0.5, 0.6) is 17.2 Å². The van der Waals surface area contributed by atoms with E-state index in [2.05, 4.69) is 63.3 Å². The highest BCUT2D eigenvalue weighted by Crippen LogP contribution is 2.51. The van der Waals surface area contributed by atoms with Gasteiger partial charge in [0.25, 0.3) is 0 Å². The summed E-state index contributed by atoms with van der Waals surface area (Å²) in [6, 6.07) is 8.53. The van der Waals surface area contributed by atoms with Crippen LogP contribution in [0.1, 0.15) is 22.7 Å². The molecule has 2 aliphatic rings. The number of nitrogens with zero attached hydrogens (tertiary/aromatic N) is 1. The van der Waals surface area contributed by atoms with Crippen molar-refractivity contribution in [3.05, 3.63) is 51.6 Å². The smallest absolute Gasteiger partial charge is 0.231 e. The molecule has 0 spiro atoms. The Balaban J connectivity index is 1.77. The minimum atomic E-state index is 0.0891. The lowest BCUT2D eigenvalue weighted by Crippen LogP contribution is -2.33. The number of likely N-dealkylation sites (N-methyl/N-ethyl adjacent to an activating group) is 1. The van der Waals surface area contributed by atoms with Crippen LogP contribution in [-0.4, -0.2) is 37.4 Å². The van der Waals surface area contributed by atoms with Crippen molar-refractivity contribution in [1.82, 2.24) is 9.88 Å². The van der Waals surface area contributed by atoms with Crippen molar-refractivity contribution in [3.63, 3.8) is 0 Å². The SMILES string of the molecule is COc1c2c(cc3c1[C@H](c1c[nH]c4ccc(Br)cc14)N(C)CC3)OCO2. The number of nitrogens with one attached hydrogen (secondary N) is 1. The number of rotatable bonds is 2. The molecule has 0 aliphatic carbocycles. The van der Waals surface area contributed by atoms with Gasteiger partial charge in [0.2, 0.25) is 12.5 Å². The predicted octanol–water partition coefficient (Wildman–Crippen LogP) is 4.25. The number of methoxy groups -OCH3 is 1. The molecule has 0 amide bonds. The van der Waals surface area contributed by atoms with Gasteiger partial charge in [-0.25, -0.2) is 0 Å². The van der Waals surface area contributed by atoms with Gasteiger partial charge in [-0.15, -0.1) is 0 Å². The fraction of sp³-hybridized carbons (Fsp3) is 0.300. The Morgan fingerprint density at radius 1 is 1.27 bits per heavy atom. The van der Waals surface area contributed by atoms with Crippen LogP contribution >= 0.6 is 15.9 Å². The lowest BCUT2D eigenvalue weighted by atomic mass is 9.87. The first kappa shape index (κ1) is 16.0. The van der Waals surface area contributed by atoms with E-state index in [4.69, 9.17) is 14.2 Å². The second-order valence-electron chi connectivity index (χ2n) is 6.78. The molecule has 1 atom stereocenters. The van der Waals surface area contributed by atoms with Crippen LogP contribution in [0.25, 0.3) is 10.9 Å². The summed E-state index contributed by atoms with van der Waals surface area (Å²) in [5.41, 5.74) is 4.80. The minimum Gasteiger partial charge on any atom is -0.492 e. The van der Waals surface area contributed by atoms with Crippen LogP contribution in [0.3, 0.4) is 0 Å². The van der Waals surface area contributed by atoms with Gasteiger partial charge in [0.05, 0.1) is 13.2 Å². The third-order valence-corrected chi connectivity index (χ3v) is 5.86. The van der Waals surface area contributed by atoms with E-state index in [1.165, 1.54) is 22.1 Å². The fourth-order valence-electron chi connectivity index (χ4n) is 4.17. The van der Waals surface area contributed by atoms with E-state index in [0.29, 0.717) is 5.75 Å². The monoisotopic (exact) mass is 414 g/mol. The zero-order chi connectivity index (χ0) is 17.8. The van der Waals surface area contributed by atoms with E-state index in [1.807, 2.05) is 0 Å². The average Bonchev–Trinajstić information content (AvgIpc) is 3.26. The largest absolute Gasteiger partial charge is 0.492 e. The molecule has 2 aliphatic heterocycles. The van der Waals surface area contributed by atoms with Crippen LogP contribution in [-0.2, 0) is 6.42 Å². The lowest BCUT2D eigenvalue weighted by molar-refractivity contribution is 0.171. The topological polar surface area (TPSA) is 46.7 Å². The normalized spacial score (nSPS) is 19.0. The Hall–Kier alpha value is -2.18. The van der Waals surface area contributed by atoms with Crippen molar-refractivity contribution in [3.8, 4) is 17.2 Å². The van der Waals surface area contributed by atoms with Gasteiger partial charge in [0, 0.05) is 33.7 Å². The Bertz CT molecular complexity index is 1010. The maximum absolute atomic E-state index is 5.82. The summed E-state index contributed by atoms with van der Waals surface area (Å²) in [7, 11) is 3.86. The molecule has 0 fully saturated rings. The van der Waals surface area contributed by atoms with Gasteiger partial charge in [-0.3, -0.25) is 4.90 Å². The number of halogens is 1. The molecule has 134 valence electrons. The van der Waals surface area contributed by atoms with E-state index in [9.17, 15) is 0 Å². The van der Waals surface area contributed by atoms with Crippen molar-refractivity contribution in [2.45, 2.75) is 12.5 Å². The summed E-state index contributed by atoms with van der Waals surface area (Å²) in [5, 5.41) is 1.21. The molecule has 5 nitrogen and oxygen atoms in total. The summed E-state index contributed by atoms with van der Waals surface area (Å²) in [6.45, 7) is 1.22. The third-order valence-electron chi connectivity index (χ3n) is 5.37. The molecule has 6 heteroatoms. The van der Waals surface area contributed by atoms with Crippen LogP contribution in [0.15, 0.2) is 34.9 Å². The van der Waals surface area contributed by atoms with Gasteiger partial charge in [0.15, 0.2) is 11.5 Å². The lowest BCUT2D eigenvalue weighted by Gasteiger charge is -2.35. The molecule has 26 heavy (non-hydrogen) atoms. The summed E-state index contributed by atoms with van der Waals surface area (Å²) >= 11 is 3.60. The maximum Gasteiger partial charge on any atom is 0.231 e. The van der Waals surface area contributed by atoms with E-state index in [0.717, 1.165) is 34.5 Å². The molecule has 3 aromatic rings. The fourth-order valence-corrected chi connectivity index (χ4v) is 4.53. The van der Waals surface area contributed by atoms with E-state index < -0.39 is 0 Å². The highest BCUT2D eigenvalue weighted by atomic mass is 79.9. The maximum atomic E-state index is 5.82. The van der Waals surface area contributed by atoms with Crippen molar-refractivity contribution in [2.24, 2.45) is 0 Å². The predicted molar refractivity (Wildman–Crippen MR) is 103 cm³/mol. The van der Waals surface area contributed by atoms with Crippen LogP contribution in [0.4, 0.5) is 0 Å². The summed E-state index contributed by atoms with van der Waals surface area (Å²) < 4.78 is 18.2. The van der Waals surface area contributed by atoms with Gasteiger partial charge in [-0.1, -0.05) is 15.9 Å². The van der Waals surface area contributed by atoms with Gasteiger partial charge < -0.3 is 19.2 Å². The van der Waals surface area contributed by atoms with Crippen molar-refractivity contribution in [1.29, 1.82) is 0 Å². The highest BCUT2D eigenvalue weighted by molar-refractivity contribution is 9.10. The molecule has 0 radical (unpaired) electrons. The van der Waals surface area contributed by atoms with E-state index in [-0.39, 0.29) is 12.8 Å². The highest BCUT2D eigenvalue weighted by Gasteiger charge is 2.35. The Labute approximate surface area is 160 Å². The minimum absolute atomic E-state index is 0.0891. The first-order valence-electron chi connectivity index (χ1n) is 8.63. The molecule has 0 unspecified atom stereocenters. The van der Waals surface area contributed by atoms with Crippen molar-refractivity contribution >= 4 is 26.8 Å². The Kier molecular flexibility index (Phi) is 3.65. The van der Waals surface area contributed by atoms with Crippen molar-refractivity contribution in [2.75, 3.05) is 27.5 Å². The molecule has 3 heterocycles. The first-order valence-corrected chi connectivity index (χ1v) is 9.43. The van der Waals surface area contributed by atoms with Crippen LogP contribution in [0.2, 0.25) is 0 Å². The van der Waals surface area contributed by atoms with E-state index in [1.54, 1.807) is 7.11 Å². The standard InChI is InChI=1S/C20H19BrN2O3/c1-23-6-5-11-7-16-19(26-10-25-16)20(24-2)17(11)18(23)14-9-22-15-4-3-12(21)8-13(14)15/h3-4,7-9,18,22H,5-6,10H2,1-2H3/t18-/m0/s1. The summed E-state index contributed by atoms with van der Waals surface area (Å²) in [5.74, 6) is 2.29. The second kappa shape index (κ2) is 5.93. The Morgan fingerprint density at radius 2 is 2.15 bits per heavy atom.